The molecule has 1 aromatic rings. The van der Waals surface area contributed by atoms with Crippen molar-refractivity contribution in [2.24, 2.45) is 0 Å². The Labute approximate surface area is 86.2 Å². The van der Waals surface area contributed by atoms with Gasteiger partial charge < -0.3 is 14.6 Å². The van der Waals surface area contributed by atoms with Crippen LogP contribution in [-0.2, 0) is 4.74 Å². The van der Waals surface area contributed by atoms with Crippen molar-refractivity contribution < 1.29 is 24.2 Å². The van der Waals surface area contributed by atoms with Crippen molar-refractivity contribution in [3.8, 4) is 5.75 Å². The van der Waals surface area contributed by atoms with Crippen molar-refractivity contribution in [1.82, 2.24) is 0 Å². The Kier molecular flexibility index (Phi) is 3.68. The molecule has 1 rings (SSSR count). The van der Waals surface area contributed by atoms with E-state index in [9.17, 15) is 9.59 Å². The molecule has 5 heteroatoms. The minimum Gasteiger partial charge on any atom is -0.462 e. The van der Waals surface area contributed by atoms with Gasteiger partial charge in [0, 0.05) is 0 Å². The first-order valence-electron chi connectivity index (χ1n) is 4.32. The summed E-state index contributed by atoms with van der Waals surface area (Å²) in [6.07, 6.45) is -1.47. The number of benzene rings is 1. The Bertz CT molecular complexity index is 372. The average Bonchev–Trinajstić information content (AvgIpc) is 2.18. The van der Waals surface area contributed by atoms with Crippen LogP contribution in [0.4, 0.5) is 4.79 Å². The van der Waals surface area contributed by atoms with Crippen molar-refractivity contribution in [3.05, 3.63) is 29.8 Å². The van der Waals surface area contributed by atoms with Gasteiger partial charge in [-0.2, -0.15) is 0 Å². The molecule has 0 saturated heterocycles. The van der Waals surface area contributed by atoms with Gasteiger partial charge in [-0.1, -0.05) is 12.1 Å². The van der Waals surface area contributed by atoms with Crippen LogP contribution in [0.25, 0.3) is 0 Å². The van der Waals surface area contributed by atoms with Gasteiger partial charge in [0.05, 0.1) is 6.61 Å². The number of carbonyl (C=O) groups excluding carboxylic acids is 1. The molecule has 0 aromatic heterocycles. The predicted molar refractivity (Wildman–Crippen MR) is 51.1 cm³/mol. The first-order chi connectivity index (χ1) is 7.15. The van der Waals surface area contributed by atoms with Crippen LogP contribution in [0, 0.1) is 0 Å². The lowest BCUT2D eigenvalue weighted by molar-refractivity contribution is 0.0522. The zero-order chi connectivity index (χ0) is 11.3. The van der Waals surface area contributed by atoms with E-state index < -0.39 is 12.1 Å². The summed E-state index contributed by atoms with van der Waals surface area (Å²) >= 11 is 0. The number of para-hydroxylation sites is 1. The molecule has 1 aromatic carbocycles. The number of hydrogen-bond acceptors (Lipinski definition) is 4. The van der Waals surface area contributed by atoms with Crippen molar-refractivity contribution in [2.45, 2.75) is 6.92 Å². The smallest absolute Gasteiger partial charge is 0.462 e. The third-order valence-corrected chi connectivity index (χ3v) is 1.58. The highest BCUT2D eigenvalue weighted by atomic mass is 16.7. The molecular formula is C10H10O5. The largest absolute Gasteiger partial charge is 0.511 e. The molecular weight excluding hydrogens is 200 g/mol. The van der Waals surface area contributed by atoms with E-state index in [1.807, 2.05) is 0 Å². The second-order valence-corrected chi connectivity index (χ2v) is 2.58. The summed E-state index contributed by atoms with van der Waals surface area (Å²) in [6, 6.07) is 6.00. The topological polar surface area (TPSA) is 72.8 Å². The maximum Gasteiger partial charge on any atom is 0.511 e. The Morgan fingerprint density at radius 1 is 1.33 bits per heavy atom. The van der Waals surface area contributed by atoms with E-state index in [1.165, 1.54) is 12.1 Å². The summed E-state index contributed by atoms with van der Waals surface area (Å²) < 4.78 is 9.17. The first kappa shape index (κ1) is 11.0. The number of carbonyl (C=O) groups is 2. The predicted octanol–water partition coefficient (Wildman–Crippen LogP) is 1.92. The lowest BCUT2D eigenvalue weighted by Gasteiger charge is -2.06. The lowest BCUT2D eigenvalue weighted by Crippen LogP contribution is -2.10. The van der Waals surface area contributed by atoms with Crippen LogP contribution in [0.1, 0.15) is 17.3 Å². The van der Waals surface area contributed by atoms with E-state index in [4.69, 9.17) is 9.84 Å². The molecule has 0 amide bonds. The van der Waals surface area contributed by atoms with Crippen molar-refractivity contribution in [3.63, 3.8) is 0 Å². The van der Waals surface area contributed by atoms with E-state index in [0.717, 1.165) is 0 Å². The zero-order valence-corrected chi connectivity index (χ0v) is 8.10. The lowest BCUT2D eigenvalue weighted by atomic mass is 10.2. The fourth-order valence-electron chi connectivity index (χ4n) is 1.03. The standard InChI is InChI=1S/C10H10O5/c1-2-14-9(11)7-5-3-4-6-8(7)15-10(12)13/h3-6H,2H2,1H3,(H,12,13). The maximum atomic E-state index is 11.4. The highest BCUT2D eigenvalue weighted by molar-refractivity contribution is 5.93. The molecule has 0 bridgehead atoms. The van der Waals surface area contributed by atoms with Gasteiger partial charge in [0.2, 0.25) is 0 Å². The van der Waals surface area contributed by atoms with Gasteiger partial charge in [0.15, 0.2) is 0 Å². The van der Waals surface area contributed by atoms with Crippen LogP contribution < -0.4 is 4.74 Å². The molecule has 0 aliphatic rings. The average molecular weight is 210 g/mol. The first-order valence-corrected chi connectivity index (χ1v) is 4.32. The molecule has 5 nitrogen and oxygen atoms in total. The van der Waals surface area contributed by atoms with Crippen LogP contribution in [0.5, 0.6) is 5.75 Å². The van der Waals surface area contributed by atoms with Gasteiger partial charge in [-0.15, -0.1) is 0 Å². The quantitative estimate of drug-likeness (QED) is 0.609. The summed E-state index contributed by atoms with van der Waals surface area (Å²) in [7, 11) is 0. The number of carboxylic acid groups (broad SMARTS) is 1. The Hall–Kier alpha value is -2.04. The van der Waals surface area contributed by atoms with E-state index in [-0.39, 0.29) is 17.9 Å². The summed E-state index contributed by atoms with van der Waals surface area (Å²) in [4.78, 5) is 21.7. The van der Waals surface area contributed by atoms with E-state index in [2.05, 4.69) is 4.74 Å². The molecule has 0 atom stereocenters. The summed E-state index contributed by atoms with van der Waals surface area (Å²) in [5.74, 6) is -0.627. The Balaban J connectivity index is 2.95. The van der Waals surface area contributed by atoms with Gasteiger partial charge in [0.1, 0.15) is 11.3 Å². The zero-order valence-electron chi connectivity index (χ0n) is 8.10. The minimum atomic E-state index is -1.47. The Morgan fingerprint density at radius 3 is 2.60 bits per heavy atom. The fourth-order valence-corrected chi connectivity index (χ4v) is 1.03. The van der Waals surface area contributed by atoms with Crippen molar-refractivity contribution >= 4 is 12.1 Å². The summed E-state index contributed by atoms with van der Waals surface area (Å²) in [5.41, 5.74) is 0.0988. The SMILES string of the molecule is CCOC(=O)c1ccccc1OC(=O)O. The normalized spacial score (nSPS) is 9.40. The van der Waals surface area contributed by atoms with Gasteiger partial charge in [-0.05, 0) is 19.1 Å². The highest BCUT2D eigenvalue weighted by Gasteiger charge is 2.14. The molecule has 0 radical (unpaired) electrons. The molecule has 80 valence electrons. The third kappa shape index (κ3) is 2.98. The third-order valence-electron chi connectivity index (χ3n) is 1.58. The van der Waals surface area contributed by atoms with Crippen LogP contribution in [0.2, 0.25) is 0 Å². The van der Waals surface area contributed by atoms with Gasteiger partial charge >= 0.3 is 12.1 Å². The monoisotopic (exact) mass is 210 g/mol. The molecule has 0 aliphatic heterocycles. The molecule has 0 unspecified atom stereocenters. The second-order valence-electron chi connectivity index (χ2n) is 2.58. The number of esters is 1. The second kappa shape index (κ2) is 4.99. The van der Waals surface area contributed by atoms with Crippen LogP contribution in [0.15, 0.2) is 24.3 Å². The molecule has 0 fully saturated rings. The molecule has 1 N–H and O–H groups in total. The number of ether oxygens (including phenoxy) is 2. The van der Waals surface area contributed by atoms with Gasteiger partial charge in [-0.25, -0.2) is 9.59 Å². The minimum absolute atomic E-state index is 0.0246. The summed E-state index contributed by atoms with van der Waals surface area (Å²) in [5, 5.41) is 8.43. The maximum absolute atomic E-state index is 11.4. The van der Waals surface area contributed by atoms with Crippen LogP contribution >= 0.6 is 0 Å². The fraction of sp³-hybridized carbons (Fsp3) is 0.200. The molecule has 0 heterocycles. The molecule has 0 saturated carbocycles. The van der Waals surface area contributed by atoms with Crippen molar-refractivity contribution in [2.75, 3.05) is 6.61 Å². The Morgan fingerprint density at radius 2 is 2.00 bits per heavy atom. The van der Waals surface area contributed by atoms with Gasteiger partial charge in [0.25, 0.3) is 0 Å². The number of hydrogen-bond donors (Lipinski definition) is 1. The van der Waals surface area contributed by atoms with Crippen molar-refractivity contribution in [1.29, 1.82) is 0 Å². The van der Waals surface area contributed by atoms with E-state index in [1.54, 1.807) is 19.1 Å². The molecule has 0 spiro atoms. The van der Waals surface area contributed by atoms with Crippen LogP contribution in [0.3, 0.4) is 0 Å². The molecule has 15 heavy (non-hydrogen) atoms. The van der Waals surface area contributed by atoms with E-state index >= 15 is 0 Å². The summed E-state index contributed by atoms with van der Waals surface area (Å²) in [6.45, 7) is 1.89. The molecule has 0 aliphatic carbocycles. The van der Waals surface area contributed by atoms with E-state index in [0.29, 0.717) is 0 Å². The van der Waals surface area contributed by atoms with Gasteiger partial charge in [-0.3, -0.25) is 0 Å². The number of rotatable bonds is 3. The highest BCUT2D eigenvalue weighted by Crippen LogP contribution is 2.18. The van der Waals surface area contributed by atoms with Crippen LogP contribution in [-0.4, -0.2) is 23.8 Å².